The summed E-state index contributed by atoms with van der Waals surface area (Å²) in [5, 5.41) is 18.6. The molecule has 0 saturated heterocycles. The van der Waals surface area contributed by atoms with Gasteiger partial charge in [-0.25, -0.2) is 4.39 Å². The van der Waals surface area contributed by atoms with Crippen molar-refractivity contribution in [2.24, 2.45) is 5.73 Å². The molecule has 102 valence electrons. The van der Waals surface area contributed by atoms with Gasteiger partial charge in [0.05, 0.1) is 23.3 Å². The Hall–Kier alpha value is -2.69. The van der Waals surface area contributed by atoms with Crippen molar-refractivity contribution in [1.82, 2.24) is 0 Å². The third-order valence-corrected chi connectivity index (χ3v) is 3.95. The molecule has 0 amide bonds. The van der Waals surface area contributed by atoms with Crippen LogP contribution < -0.4 is 5.73 Å². The number of halogens is 1. The Balaban J connectivity index is 2.35. The van der Waals surface area contributed by atoms with Crippen LogP contribution in [0.5, 0.6) is 0 Å². The van der Waals surface area contributed by atoms with Gasteiger partial charge in [-0.05, 0) is 42.2 Å². The number of hydrogen-bond acceptors (Lipinski definition) is 3. The molecule has 2 N–H and O–H groups in total. The lowest BCUT2D eigenvalue weighted by molar-refractivity contribution is 0.589. The first kappa shape index (κ1) is 13.3. The molecular weight excluding hydrogens is 265 g/mol. The van der Waals surface area contributed by atoms with Crippen LogP contribution in [-0.2, 0) is 6.42 Å². The minimum Gasteiger partial charge on any atom is -0.324 e. The van der Waals surface area contributed by atoms with Crippen molar-refractivity contribution in [3.8, 4) is 23.3 Å². The summed E-state index contributed by atoms with van der Waals surface area (Å²) < 4.78 is 14.0. The highest BCUT2D eigenvalue weighted by Gasteiger charge is 2.27. The molecule has 1 atom stereocenters. The molecule has 3 nitrogen and oxygen atoms in total. The van der Waals surface area contributed by atoms with Crippen LogP contribution in [0, 0.1) is 28.5 Å². The third kappa shape index (κ3) is 1.98. The Morgan fingerprint density at radius 1 is 1.10 bits per heavy atom. The van der Waals surface area contributed by atoms with Gasteiger partial charge >= 0.3 is 0 Å². The molecule has 2 aromatic rings. The fourth-order valence-electron chi connectivity index (χ4n) is 3.01. The highest BCUT2D eigenvalue weighted by atomic mass is 19.1. The SMILES string of the molecule is N#Cc1cccc(C#N)c1-c1ccc(F)c2c1CC[C@H]2N. The van der Waals surface area contributed by atoms with Crippen LogP contribution in [0.3, 0.4) is 0 Å². The van der Waals surface area contributed by atoms with Crippen molar-refractivity contribution in [3.05, 3.63) is 58.4 Å². The molecule has 0 aromatic heterocycles. The summed E-state index contributed by atoms with van der Waals surface area (Å²) in [6, 6.07) is 11.9. The average Bonchev–Trinajstić information content (AvgIpc) is 2.90. The molecule has 4 heteroatoms. The Bertz CT molecular complexity index is 780. The van der Waals surface area contributed by atoms with Gasteiger partial charge in [-0.15, -0.1) is 0 Å². The van der Waals surface area contributed by atoms with Gasteiger partial charge in [0.15, 0.2) is 0 Å². The summed E-state index contributed by atoms with van der Waals surface area (Å²) in [4.78, 5) is 0. The van der Waals surface area contributed by atoms with E-state index in [0.29, 0.717) is 35.1 Å². The van der Waals surface area contributed by atoms with Gasteiger partial charge < -0.3 is 5.73 Å². The monoisotopic (exact) mass is 277 g/mol. The maximum atomic E-state index is 14.0. The van der Waals surface area contributed by atoms with Crippen molar-refractivity contribution < 1.29 is 4.39 Å². The molecule has 21 heavy (non-hydrogen) atoms. The quantitative estimate of drug-likeness (QED) is 0.870. The van der Waals surface area contributed by atoms with Crippen LogP contribution in [0.15, 0.2) is 30.3 Å². The molecule has 0 aliphatic heterocycles. The first-order chi connectivity index (χ1) is 10.2. The number of hydrogen-bond donors (Lipinski definition) is 1. The number of fused-ring (bicyclic) bond motifs is 1. The predicted molar refractivity (Wildman–Crippen MR) is 76.5 cm³/mol. The molecule has 0 radical (unpaired) electrons. The van der Waals surface area contributed by atoms with Crippen LogP contribution >= 0.6 is 0 Å². The Morgan fingerprint density at radius 2 is 1.76 bits per heavy atom. The summed E-state index contributed by atoms with van der Waals surface area (Å²) in [7, 11) is 0. The Labute approximate surface area is 122 Å². The van der Waals surface area contributed by atoms with E-state index in [9.17, 15) is 14.9 Å². The van der Waals surface area contributed by atoms with E-state index in [4.69, 9.17) is 5.73 Å². The number of nitrogens with two attached hydrogens (primary N) is 1. The zero-order valence-corrected chi connectivity index (χ0v) is 11.2. The minimum absolute atomic E-state index is 0.313. The minimum atomic E-state index is -0.320. The van der Waals surface area contributed by atoms with Crippen LogP contribution in [0.25, 0.3) is 11.1 Å². The largest absolute Gasteiger partial charge is 0.324 e. The summed E-state index contributed by atoms with van der Waals surface area (Å²) in [6.45, 7) is 0. The van der Waals surface area contributed by atoms with Crippen molar-refractivity contribution in [2.45, 2.75) is 18.9 Å². The third-order valence-electron chi connectivity index (χ3n) is 3.95. The van der Waals surface area contributed by atoms with Gasteiger partial charge in [-0.3, -0.25) is 0 Å². The average molecular weight is 277 g/mol. The van der Waals surface area contributed by atoms with E-state index >= 15 is 0 Å². The molecule has 0 saturated carbocycles. The van der Waals surface area contributed by atoms with Crippen LogP contribution in [-0.4, -0.2) is 0 Å². The second kappa shape index (κ2) is 5.01. The summed E-state index contributed by atoms with van der Waals surface area (Å²) in [5.41, 5.74) is 9.46. The lowest BCUT2D eigenvalue weighted by Gasteiger charge is -2.13. The molecule has 2 aromatic carbocycles. The van der Waals surface area contributed by atoms with E-state index in [-0.39, 0.29) is 11.9 Å². The van der Waals surface area contributed by atoms with E-state index in [0.717, 1.165) is 11.1 Å². The van der Waals surface area contributed by atoms with Gasteiger partial charge in [-0.2, -0.15) is 10.5 Å². The zero-order chi connectivity index (χ0) is 15.0. The second-order valence-electron chi connectivity index (χ2n) is 5.08. The lowest BCUT2D eigenvalue weighted by atomic mass is 9.90. The summed E-state index contributed by atoms with van der Waals surface area (Å²) in [5.74, 6) is -0.313. The highest BCUT2D eigenvalue weighted by Crippen LogP contribution is 2.40. The van der Waals surface area contributed by atoms with Crippen LogP contribution in [0.1, 0.15) is 34.7 Å². The van der Waals surface area contributed by atoms with E-state index < -0.39 is 0 Å². The maximum Gasteiger partial charge on any atom is 0.128 e. The Morgan fingerprint density at radius 3 is 2.38 bits per heavy atom. The van der Waals surface area contributed by atoms with E-state index in [2.05, 4.69) is 12.1 Å². The van der Waals surface area contributed by atoms with Crippen molar-refractivity contribution in [1.29, 1.82) is 10.5 Å². The first-order valence-corrected chi connectivity index (χ1v) is 6.67. The molecule has 1 aliphatic carbocycles. The summed E-state index contributed by atoms with van der Waals surface area (Å²) >= 11 is 0. The van der Waals surface area contributed by atoms with Gasteiger partial charge in [-0.1, -0.05) is 12.1 Å². The molecule has 0 heterocycles. The van der Waals surface area contributed by atoms with Gasteiger partial charge in [0.25, 0.3) is 0 Å². The molecule has 0 bridgehead atoms. The second-order valence-corrected chi connectivity index (χ2v) is 5.08. The normalized spacial score (nSPS) is 16.1. The van der Waals surface area contributed by atoms with Gasteiger partial charge in [0, 0.05) is 17.2 Å². The number of nitrogens with zero attached hydrogens (tertiary/aromatic N) is 2. The van der Waals surface area contributed by atoms with E-state index in [1.165, 1.54) is 6.07 Å². The van der Waals surface area contributed by atoms with E-state index in [1.807, 2.05) is 0 Å². The van der Waals surface area contributed by atoms with Gasteiger partial charge in [0.1, 0.15) is 5.82 Å². The smallest absolute Gasteiger partial charge is 0.128 e. The molecule has 1 aliphatic rings. The molecule has 0 fully saturated rings. The van der Waals surface area contributed by atoms with Gasteiger partial charge in [0.2, 0.25) is 0 Å². The van der Waals surface area contributed by atoms with E-state index in [1.54, 1.807) is 24.3 Å². The molecular formula is C17H12FN3. The fraction of sp³-hybridized carbons (Fsp3) is 0.176. The maximum absolute atomic E-state index is 14.0. The fourth-order valence-corrected chi connectivity index (χ4v) is 3.01. The van der Waals surface area contributed by atoms with Crippen LogP contribution in [0.2, 0.25) is 0 Å². The van der Waals surface area contributed by atoms with Crippen molar-refractivity contribution in [3.63, 3.8) is 0 Å². The zero-order valence-electron chi connectivity index (χ0n) is 11.2. The highest BCUT2D eigenvalue weighted by molar-refractivity contribution is 5.80. The standard InChI is InChI=1S/C17H12FN3/c18-14-6-4-12(13-5-7-15(21)17(13)14)16-10(8-19)2-1-3-11(16)9-20/h1-4,6,15H,5,7,21H2/t15-/m1/s1. The van der Waals surface area contributed by atoms with Crippen LogP contribution in [0.4, 0.5) is 4.39 Å². The number of rotatable bonds is 1. The molecule has 3 rings (SSSR count). The molecule has 0 unspecified atom stereocenters. The number of nitriles is 2. The van der Waals surface area contributed by atoms with Crippen molar-refractivity contribution in [2.75, 3.05) is 0 Å². The predicted octanol–water partition coefficient (Wildman–Crippen LogP) is 3.18. The topological polar surface area (TPSA) is 73.6 Å². The molecule has 0 spiro atoms. The van der Waals surface area contributed by atoms with Crippen molar-refractivity contribution >= 4 is 0 Å². The lowest BCUT2D eigenvalue weighted by Crippen LogP contribution is -2.07. The summed E-state index contributed by atoms with van der Waals surface area (Å²) in [6.07, 6.45) is 1.34. The number of benzene rings is 2. The Kier molecular flexibility index (Phi) is 3.17. The first-order valence-electron chi connectivity index (χ1n) is 6.67.